The highest BCUT2D eigenvalue weighted by atomic mass is 16.6. The summed E-state index contributed by atoms with van der Waals surface area (Å²) in [6.45, 7) is 8.31. The summed E-state index contributed by atoms with van der Waals surface area (Å²) < 4.78 is 10.6. The van der Waals surface area contributed by atoms with E-state index in [1.54, 1.807) is 0 Å². The second-order valence-electron chi connectivity index (χ2n) is 6.04. The Kier molecular flexibility index (Phi) is 5.89. The molecule has 0 aliphatic heterocycles. The Balaban J connectivity index is 2.81. The first-order valence-electron chi connectivity index (χ1n) is 6.99. The van der Waals surface area contributed by atoms with Gasteiger partial charge in [-0.3, -0.25) is 4.79 Å². The van der Waals surface area contributed by atoms with Gasteiger partial charge in [-0.15, -0.1) is 0 Å². The summed E-state index contributed by atoms with van der Waals surface area (Å²) in [7, 11) is 0. The molecule has 0 aromatic rings. The summed E-state index contributed by atoms with van der Waals surface area (Å²) in [5.41, 5.74) is -1.88. The molecule has 0 spiro atoms. The average Bonchev–Trinajstić information content (AvgIpc) is 2.36. The molecule has 0 heterocycles. The molecule has 0 amide bonds. The lowest BCUT2D eigenvalue weighted by Gasteiger charge is -2.33. The molecule has 1 N–H and O–H groups in total. The average molecular weight is 284 g/mol. The molecule has 114 valence electrons. The van der Waals surface area contributed by atoms with Crippen molar-refractivity contribution in [2.45, 2.75) is 45.8 Å². The number of allylic oxidation sites excluding steroid dienone is 1. The highest BCUT2D eigenvalue weighted by molar-refractivity contribution is 5.95. The molecule has 0 radical (unpaired) electrons. The Labute approximate surface area is 119 Å². The zero-order valence-electron chi connectivity index (χ0n) is 12.6. The van der Waals surface area contributed by atoms with Crippen LogP contribution in [0.25, 0.3) is 0 Å². The monoisotopic (exact) mass is 284 g/mol. The van der Waals surface area contributed by atoms with Gasteiger partial charge in [-0.05, 0) is 24.0 Å². The predicted octanol–water partition coefficient (Wildman–Crippen LogP) is 1.49. The second-order valence-corrected chi connectivity index (χ2v) is 6.04. The van der Waals surface area contributed by atoms with Gasteiger partial charge in [-0.2, -0.15) is 0 Å². The first-order valence-corrected chi connectivity index (χ1v) is 6.99. The third-order valence-electron chi connectivity index (χ3n) is 2.91. The summed E-state index contributed by atoms with van der Waals surface area (Å²) in [6.07, 6.45) is 1.50. The van der Waals surface area contributed by atoms with Crippen LogP contribution >= 0.6 is 0 Å². The Morgan fingerprint density at radius 2 is 1.95 bits per heavy atom. The van der Waals surface area contributed by atoms with Crippen molar-refractivity contribution in [3.63, 3.8) is 0 Å². The first-order chi connectivity index (χ1) is 9.25. The van der Waals surface area contributed by atoms with E-state index < -0.39 is 17.7 Å². The van der Waals surface area contributed by atoms with Gasteiger partial charge in [-0.25, -0.2) is 4.79 Å². The standard InChI is InChI=1S/C15H24O5/c1-10(2)8-19-13-7-12(16)5-6-15(13,18)14(17)20-9-11(3)4/h5-6,10-11,13,18H,7-9H2,1-4H3. The maximum Gasteiger partial charge on any atom is 0.345 e. The van der Waals surface area contributed by atoms with Crippen LogP contribution in [0.3, 0.4) is 0 Å². The van der Waals surface area contributed by atoms with Crippen molar-refractivity contribution in [2.24, 2.45) is 11.8 Å². The van der Waals surface area contributed by atoms with Gasteiger partial charge in [0, 0.05) is 13.0 Å². The molecule has 1 aliphatic carbocycles. The third-order valence-corrected chi connectivity index (χ3v) is 2.91. The lowest BCUT2D eigenvalue weighted by Crippen LogP contribution is -2.53. The van der Waals surface area contributed by atoms with Gasteiger partial charge in [0.25, 0.3) is 0 Å². The highest BCUT2D eigenvalue weighted by Crippen LogP contribution is 2.26. The van der Waals surface area contributed by atoms with Gasteiger partial charge in [0.1, 0.15) is 6.10 Å². The second kappa shape index (κ2) is 6.99. The van der Waals surface area contributed by atoms with Gasteiger partial charge in [0.05, 0.1) is 6.61 Å². The lowest BCUT2D eigenvalue weighted by molar-refractivity contribution is -0.178. The number of aliphatic hydroxyl groups is 1. The van der Waals surface area contributed by atoms with Crippen molar-refractivity contribution in [2.75, 3.05) is 13.2 Å². The summed E-state index contributed by atoms with van der Waals surface area (Å²) in [5, 5.41) is 10.5. The normalized spacial score (nSPS) is 26.4. The molecule has 20 heavy (non-hydrogen) atoms. The summed E-state index contributed by atoms with van der Waals surface area (Å²) in [6, 6.07) is 0. The van der Waals surface area contributed by atoms with Gasteiger partial charge < -0.3 is 14.6 Å². The molecule has 5 heteroatoms. The Morgan fingerprint density at radius 3 is 2.50 bits per heavy atom. The van der Waals surface area contributed by atoms with Crippen LogP contribution in [0.4, 0.5) is 0 Å². The number of rotatable bonds is 6. The largest absolute Gasteiger partial charge is 0.463 e. The third kappa shape index (κ3) is 4.42. The van der Waals surface area contributed by atoms with Crippen molar-refractivity contribution in [1.82, 2.24) is 0 Å². The smallest absolute Gasteiger partial charge is 0.345 e. The number of hydrogen-bond acceptors (Lipinski definition) is 5. The molecule has 1 rings (SSSR count). The fourth-order valence-electron chi connectivity index (χ4n) is 1.79. The van der Waals surface area contributed by atoms with Crippen LogP contribution in [0.2, 0.25) is 0 Å². The van der Waals surface area contributed by atoms with E-state index in [2.05, 4.69) is 0 Å². The molecular weight excluding hydrogens is 260 g/mol. The Morgan fingerprint density at radius 1 is 1.35 bits per heavy atom. The number of esters is 1. The van der Waals surface area contributed by atoms with Crippen molar-refractivity contribution in [3.05, 3.63) is 12.2 Å². The predicted molar refractivity (Wildman–Crippen MR) is 74.1 cm³/mol. The van der Waals surface area contributed by atoms with E-state index in [9.17, 15) is 14.7 Å². The van der Waals surface area contributed by atoms with Crippen LogP contribution in [0, 0.1) is 11.8 Å². The minimum atomic E-state index is -1.88. The first kappa shape index (κ1) is 16.9. The minimum Gasteiger partial charge on any atom is -0.463 e. The fraction of sp³-hybridized carbons (Fsp3) is 0.733. The molecule has 0 saturated heterocycles. The van der Waals surface area contributed by atoms with Gasteiger partial charge in [-0.1, -0.05) is 27.7 Å². The van der Waals surface area contributed by atoms with E-state index in [0.29, 0.717) is 6.61 Å². The minimum absolute atomic E-state index is 0.0174. The van der Waals surface area contributed by atoms with Crippen molar-refractivity contribution >= 4 is 11.8 Å². The van der Waals surface area contributed by atoms with E-state index in [1.807, 2.05) is 27.7 Å². The number of hydrogen-bond donors (Lipinski definition) is 1. The molecule has 2 unspecified atom stereocenters. The van der Waals surface area contributed by atoms with E-state index in [-0.39, 0.29) is 30.6 Å². The van der Waals surface area contributed by atoms with Crippen LogP contribution in [0.15, 0.2) is 12.2 Å². The highest BCUT2D eigenvalue weighted by Gasteiger charge is 2.47. The van der Waals surface area contributed by atoms with Crippen LogP contribution < -0.4 is 0 Å². The fourth-order valence-corrected chi connectivity index (χ4v) is 1.79. The van der Waals surface area contributed by atoms with Crippen molar-refractivity contribution in [1.29, 1.82) is 0 Å². The molecule has 2 atom stereocenters. The van der Waals surface area contributed by atoms with Crippen LogP contribution in [-0.4, -0.2) is 41.8 Å². The number of ether oxygens (including phenoxy) is 2. The summed E-state index contributed by atoms with van der Waals surface area (Å²) in [4.78, 5) is 23.5. The van der Waals surface area contributed by atoms with Crippen LogP contribution in [-0.2, 0) is 19.1 Å². The van der Waals surface area contributed by atoms with E-state index in [4.69, 9.17) is 9.47 Å². The molecule has 5 nitrogen and oxygen atoms in total. The zero-order valence-corrected chi connectivity index (χ0v) is 12.6. The summed E-state index contributed by atoms with van der Waals surface area (Å²) in [5.74, 6) is -0.512. The zero-order chi connectivity index (χ0) is 15.3. The Bertz CT molecular complexity index is 386. The number of ketones is 1. The van der Waals surface area contributed by atoms with Crippen LogP contribution in [0.5, 0.6) is 0 Å². The molecule has 0 aromatic heterocycles. The summed E-state index contributed by atoms with van der Waals surface area (Å²) >= 11 is 0. The molecule has 0 bridgehead atoms. The Hall–Kier alpha value is -1.20. The molecule has 0 aromatic carbocycles. The van der Waals surface area contributed by atoms with Gasteiger partial charge in [0.15, 0.2) is 5.78 Å². The van der Waals surface area contributed by atoms with E-state index in [1.165, 1.54) is 12.2 Å². The maximum atomic E-state index is 12.1. The van der Waals surface area contributed by atoms with Crippen LogP contribution in [0.1, 0.15) is 34.1 Å². The molecular formula is C15H24O5. The quantitative estimate of drug-likeness (QED) is 0.748. The molecule has 0 saturated carbocycles. The topological polar surface area (TPSA) is 72.8 Å². The number of carbonyl (C=O) groups excluding carboxylic acids is 2. The maximum absolute atomic E-state index is 12.1. The van der Waals surface area contributed by atoms with E-state index >= 15 is 0 Å². The molecule has 1 aliphatic rings. The lowest BCUT2D eigenvalue weighted by atomic mass is 9.87. The van der Waals surface area contributed by atoms with Crippen molar-refractivity contribution < 1.29 is 24.2 Å². The number of carbonyl (C=O) groups is 2. The molecule has 0 fully saturated rings. The SMILES string of the molecule is CC(C)COC(=O)C1(O)C=CC(=O)CC1OCC(C)C. The van der Waals surface area contributed by atoms with Gasteiger partial charge >= 0.3 is 5.97 Å². The van der Waals surface area contributed by atoms with E-state index in [0.717, 1.165) is 0 Å². The van der Waals surface area contributed by atoms with Gasteiger partial charge in [0.2, 0.25) is 5.60 Å². The van der Waals surface area contributed by atoms with Crippen molar-refractivity contribution in [3.8, 4) is 0 Å².